The number of rotatable bonds is 9. The molecule has 2 heterocycles. The normalized spacial score (nSPS) is 12.8. The van der Waals surface area contributed by atoms with Crippen molar-refractivity contribution in [2.45, 2.75) is 25.2 Å². The second-order valence-corrected chi connectivity index (χ2v) is 10.9. The fourth-order valence-corrected chi connectivity index (χ4v) is 5.66. The highest BCUT2D eigenvalue weighted by atomic mass is 16.5. The van der Waals surface area contributed by atoms with Crippen LogP contribution < -0.4 is 14.9 Å². The molecule has 1 aliphatic heterocycles. The molecule has 0 amide bonds. The Labute approximate surface area is 262 Å². The van der Waals surface area contributed by atoms with E-state index in [0.29, 0.717) is 30.9 Å². The number of phenols is 4. The van der Waals surface area contributed by atoms with Crippen molar-refractivity contribution in [1.82, 2.24) is 0 Å². The third-order valence-corrected chi connectivity index (χ3v) is 8.02. The second kappa shape index (κ2) is 12.3. The van der Waals surface area contributed by atoms with Gasteiger partial charge in [0.2, 0.25) is 11.2 Å². The summed E-state index contributed by atoms with van der Waals surface area (Å²) in [4.78, 5) is 25.9. The molecule has 1 aliphatic rings. The van der Waals surface area contributed by atoms with E-state index >= 15 is 0 Å². The first-order valence-electron chi connectivity index (χ1n) is 14.5. The van der Waals surface area contributed by atoms with Crippen LogP contribution in [0.3, 0.4) is 0 Å². The SMILES string of the molecule is COC(=O)C[C@H](c1ccc(OCCc2ccc3c(c2)CCO3)cc1)c1c(O)cc(O)c2c(=O)c(O)c(-c3ccc(O)c(O)c3)oc12. The first kappa shape index (κ1) is 30.2. The molecular formula is C35H30O11. The standard InChI is InChI=1S/C35H30O11/c1-43-29(40)16-23(19-3-6-22(7-4-19)44-12-10-18-2-9-28-20(14-18)11-13-45-28)30-26(38)17-27(39)31-32(41)33(42)34(46-35(30)31)21-5-8-24(36)25(37)15-21/h2-9,14-15,17,23,36-39,42H,10-13,16H2,1H3/t23-/m1/s1. The molecule has 0 saturated carbocycles. The average molecular weight is 627 g/mol. The van der Waals surface area contributed by atoms with E-state index in [1.165, 1.54) is 18.7 Å². The van der Waals surface area contributed by atoms with E-state index in [1.54, 1.807) is 24.3 Å². The minimum atomic E-state index is -1.01. The number of hydrogen-bond acceptors (Lipinski definition) is 11. The molecule has 0 fully saturated rings. The summed E-state index contributed by atoms with van der Waals surface area (Å²) in [6.45, 7) is 1.10. The summed E-state index contributed by atoms with van der Waals surface area (Å²) < 4.78 is 22.4. The van der Waals surface area contributed by atoms with E-state index in [4.69, 9.17) is 18.6 Å². The van der Waals surface area contributed by atoms with Gasteiger partial charge in [-0.1, -0.05) is 24.3 Å². The number of fused-ring (bicyclic) bond motifs is 2. The van der Waals surface area contributed by atoms with E-state index in [9.17, 15) is 35.1 Å². The number of aromatic hydroxyl groups is 5. The van der Waals surface area contributed by atoms with Gasteiger partial charge in [-0.05, 0) is 53.1 Å². The van der Waals surface area contributed by atoms with Crippen LogP contribution >= 0.6 is 0 Å². The molecule has 6 rings (SSSR count). The average Bonchev–Trinajstić information content (AvgIpc) is 3.51. The van der Waals surface area contributed by atoms with Gasteiger partial charge in [-0.3, -0.25) is 9.59 Å². The number of methoxy groups -OCH3 is 1. The van der Waals surface area contributed by atoms with Crippen molar-refractivity contribution in [2.24, 2.45) is 0 Å². The maximum absolute atomic E-state index is 13.3. The Morgan fingerprint density at radius 2 is 1.67 bits per heavy atom. The predicted octanol–water partition coefficient (Wildman–Crippen LogP) is 5.24. The Balaban J connectivity index is 1.36. The van der Waals surface area contributed by atoms with Gasteiger partial charge in [-0.25, -0.2) is 0 Å². The molecule has 4 aromatic carbocycles. The molecule has 11 nitrogen and oxygen atoms in total. The molecule has 0 spiro atoms. The summed E-state index contributed by atoms with van der Waals surface area (Å²) >= 11 is 0. The van der Waals surface area contributed by atoms with Gasteiger partial charge in [-0.15, -0.1) is 0 Å². The summed E-state index contributed by atoms with van der Waals surface area (Å²) in [5.41, 5.74) is 1.54. The van der Waals surface area contributed by atoms with Gasteiger partial charge in [0.05, 0.1) is 26.7 Å². The Bertz CT molecular complexity index is 2010. The summed E-state index contributed by atoms with van der Waals surface area (Å²) in [6, 6.07) is 17.4. The molecule has 5 aromatic rings. The van der Waals surface area contributed by atoms with Crippen LogP contribution in [0.15, 0.2) is 75.9 Å². The molecule has 46 heavy (non-hydrogen) atoms. The number of phenolic OH excluding ortho intramolecular Hbond substituents is 4. The van der Waals surface area contributed by atoms with E-state index in [-0.39, 0.29) is 23.1 Å². The first-order valence-corrected chi connectivity index (χ1v) is 14.5. The maximum atomic E-state index is 13.3. The molecule has 0 bridgehead atoms. The maximum Gasteiger partial charge on any atom is 0.306 e. The second-order valence-electron chi connectivity index (χ2n) is 10.9. The predicted molar refractivity (Wildman–Crippen MR) is 166 cm³/mol. The quantitative estimate of drug-likeness (QED) is 0.107. The number of carbonyl (C=O) groups excluding carboxylic acids is 1. The van der Waals surface area contributed by atoms with Crippen molar-refractivity contribution < 1.29 is 49.0 Å². The molecule has 0 unspecified atom stereocenters. The Hall–Kier alpha value is -5.84. The third-order valence-electron chi connectivity index (χ3n) is 8.02. The first-order chi connectivity index (χ1) is 22.1. The van der Waals surface area contributed by atoms with Crippen molar-refractivity contribution >= 4 is 16.9 Å². The van der Waals surface area contributed by atoms with Gasteiger partial charge in [0.1, 0.15) is 34.0 Å². The third kappa shape index (κ3) is 5.70. The number of esters is 1. The fourth-order valence-electron chi connectivity index (χ4n) is 5.66. The monoisotopic (exact) mass is 626 g/mol. The summed E-state index contributed by atoms with van der Waals surface area (Å²) in [7, 11) is 1.21. The van der Waals surface area contributed by atoms with Gasteiger partial charge in [-0.2, -0.15) is 0 Å². The van der Waals surface area contributed by atoms with E-state index in [1.807, 2.05) is 12.1 Å². The van der Waals surface area contributed by atoms with Gasteiger partial charge < -0.3 is 44.2 Å². The summed E-state index contributed by atoms with van der Waals surface area (Å²) in [6.07, 6.45) is 1.28. The van der Waals surface area contributed by atoms with Gasteiger partial charge >= 0.3 is 5.97 Å². The Morgan fingerprint density at radius 1 is 0.891 bits per heavy atom. The zero-order valence-corrected chi connectivity index (χ0v) is 24.6. The Morgan fingerprint density at radius 3 is 2.41 bits per heavy atom. The number of hydrogen-bond donors (Lipinski definition) is 5. The minimum Gasteiger partial charge on any atom is -0.507 e. The Kier molecular flexibility index (Phi) is 8.06. The highest BCUT2D eigenvalue weighted by Gasteiger charge is 2.30. The lowest BCUT2D eigenvalue weighted by Crippen LogP contribution is -2.12. The van der Waals surface area contributed by atoms with E-state index in [0.717, 1.165) is 35.9 Å². The fraction of sp³-hybridized carbons (Fsp3) is 0.200. The zero-order valence-electron chi connectivity index (χ0n) is 24.6. The van der Waals surface area contributed by atoms with Crippen LogP contribution in [0.1, 0.15) is 34.6 Å². The van der Waals surface area contributed by atoms with Gasteiger partial charge in [0, 0.05) is 36.0 Å². The molecule has 0 aliphatic carbocycles. The van der Waals surface area contributed by atoms with Crippen LogP contribution in [0.2, 0.25) is 0 Å². The minimum absolute atomic E-state index is 0.0196. The molecule has 5 N–H and O–H groups in total. The largest absolute Gasteiger partial charge is 0.507 e. The summed E-state index contributed by atoms with van der Waals surface area (Å²) in [5.74, 6) is -3.46. The highest BCUT2D eigenvalue weighted by molar-refractivity contribution is 5.92. The van der Waals surface area contributed by atoms with Crippen LogP contribution in [-0.2, 0) is 22.4 Å². The molecular weight excluding hydrogens is 596 g/mol. The lowest BCUT2D eigenvalue weighted by atomic mass is 9.86. The van der Waals surface area contributed by atoms with E-state index < -0.39 is 57.2 Å². The summed E-state index contributed by atoms with van der Waals surface area (Å²) in [5, 5.41) is 51.8. The van der Waals surface area contributed by atoms with Crippen molar-refractivity contribution in [3.8, 4) is 51.6 Å². The molecule has 1 atom stereocenters. The van der Waals surface area contributed by atoms with Crippen LogP contribution in [-0.4, -0.2) is 51.8 Å². The van der Waals surface area contributed by atoms with Crippen molar-refractivity contribution in [3.05, 3.63) is 99.2 Å². The topological polar surface area (TPSA) is 176 Å². The van der Waals surface area contributed by atoms with Crippen LogP contribution in [0, 0.1) is 0 Å². The van der Waals surface area contributed by atoms with E-state index in [2.05, 4.69) is 6.07 Å². The van der Waals surface area contributed by atoms with Gasteiger partial charge in [0.25, 0.3) is 0 Å². The number of carbonyl (C=O) groups is 1. The molecule has 236 valence electrons. The van der Waals surface area contributed by atoms with Crippen LogP contribution in [0.5, 0.6) is 40.2 Å². The number of ether oxygens (including phenoxy) is 3. The smallest absolute Gasteiger partial charge is 0.306 e. The molecule has 11 heteroatoms. The lowest BCUT2D eigenvalue weighted by Gasteiger charge is -2.21. The van der Waals surface area contributed by atoms with Crippen molar-refractivity contribution in [2.75, 3.05) is 20.3 Å². The van der Waals surface area contributed by atoms with Gasteiger partial charge in [0.15, 0.2) is 17.3 Å². The van der Waals surface area contributed by atoms with Crippen LogP contribution in [0.4, 0.5) is 0 Å². The molecule has 0 saturated heterocycles. The van der Waals surface area contributed by atoms with Crippen molar-refractivity contribution in [1.29, 1.82) is 0 Å². The van der Waals surface area contributed by atoms with Crippen LogP contribution in [0.25, 0.3) is 22.3 Å². The molecule has 1 aromatic heterocycles. The lowest BCUT2D eigenvalue weighted by molar-refractivity contribution is -0.140. The number of benzene rings is 4. The van der Waals surface area contributed by atoms with Crippen molar-refractivity contribution in [3.63, 3.8) is 0 Å². The highest BCUT2D eigenvalue weighted by Crippen LogP contribution is 2.45. The zero-order chi connectivity index (χ0) is 32.5. The molecule has 0 radical (unpaired) electrons.